The first kappa shape index (κ1) is 16.3. The van der Waals surface area contributed by atoms with Crippen LogP contribution in [0.25, 0.3) is 39.0 Å². The van der Waals surface area contributed by atoms with Gasteiger partial charge in [0.05, 0.1) is 0 Å². The van der Waals surface area contributed by atoms with E-state index in [2.05, 4.69) is 60.8 Å². The van der Waals surface area contributed by atoms with Crippen molar-refractivity contribution in [1.82, 2.24) is 0 Å². The third kappa shape index (κ3) is 2.05. The number of rotatable bonds is 0. The van der Waals surface area contributed by atoms with Crippen LogP contribution < -0.4 is 0 Å². The van der Waals surface area contributed by atoms with Crippen molar-refractivity contribution in [2.45, 2.75) is 39.5 Å². The zero-order valence-corrected chi connectivity index (χ0v) is 19.0. The minimum atomic E-state index is 1.20. The van der Waals surface area contributed by atoms with E-state index in [1.165, 1.54) is 46.2 Å². The summed E-state index contributed by atoms with van der Waals surface area (Å²) in [5.41, 5.74) is 7.85. The van der Waals surface area contributed by atoms with Crippen LogP contribution in [0.1, 0.15) is 32.7 Å². The van der Waals surface area contributed by atoms with E-state index in [9.17, 15) is 0 Å². The first-order valence-electron chi connectivity index (χ1n) is 9.86. The average Bonchev–Trinajstić information content (AvgIpc) is 3.39. The van der Waals surface area contributed by atoms with E-state index in [0.717, 1.165) is 0 Å². The average molecular weight is 435 g/mol. The van der Waals surface area contributed by atoms with Crippen molar-refractivity contribution in [2.24, 2.45) is 0 Å². The normalized spacial score (nSPS) is 14.9. The van der Waals surface area contributed by atoms with E-state index < -0.39 is 0 Å². The fraction of sp³-hybridized carbons (Fsp3) is 0.250. The Hall–Kier alpha value is -1.46. The summed E-state index contributed by atoms with van der Waals surface area (Å²) in [6, 6.07) is 9.41. The number of benzene rings is 1. The Balaban J connectivity index is 1.49. The zero-order chi connectivity index (χ0) is 18.6. The van der Waals surface area contributed by atoms with Gasteiger partial charge in [-0.3, -0.25) is 0 Å². The molecule has 28 heavy (non-hydrogen) atoms. The minimum absolute atomic E-state index is 1.20. The second-order valence-corrected chi connectivity index (χ2v) is 12.4. The topological polar surface area (TPSA) is 0 Å². The third-order valence-corrected chi connectivity index (χ3v) is 11.6. The van der Waals surface area contributed by atoms with Crippen molar-refractivity contribution in [2.75, 3.05) is 0 Å². The van der Waals surface area contributed by atoms with Gasteiger partial charge in [-0.2, -0.15) is 0 Å². The molecule has 2 aliphatic rings. The summed E-state index contributed by atoms with van der Waals surface area (Å²) in [6.07, 6.45) is 4.84. The highest BCUT2D eigenvalue weighted by Crippen LogP contribution is 2.56. The molecule has 5 aromatic rings. The molecule has 0 fully saturated rings. The maximum atomic E-state index is 2.41. The molecule has 4 heteroatoms. The quantitative estimate of drug-likeness (QED) is 0.229. The molecule has 0 saturated carbocycles. The van der Waals surface area contributed by atoms with Crippen LogP contribution in [-0.4, -0.2) is 0 Å². The van der Waals surface area contributed by atoms with E-state index in [4.69, 9.17) is 0 Å². The Morgan fingerprint density at radius 2 is 1.32 bits per heavy atom. The predicted octanol–water partition coefficient (Wildman–Crippen LogP) is 8.39. The molecule has 0 spiro atoms. The lowest BCUT2D eigenvalue weighted by Gasteiger charge is -2.13. The lowest BCUT2D eigenvalue weighted by atomic mass is 9.94. The second kappa shape index (κ2) is 5.57. The largest absolute Gasteiger partial charge is 0.139 e. The SMILES string of the molecule is Cc1ccc2c3c(sc2c1)-c1sc2c4c(sc2c1CC3)-c1sc(C)cc1CC4. The van der Waals surface area contributed by atoms with Crippen LogP contribution in [0.5, 0.6) is 0 Å². The van der Waals surface area contributed by atoms with Crippen molar-refractivity contribution < 1.29 is 0 Å². The Labute approximate surface area is 180 Å². The number of fused-ring (bicyclic) bond motifs is 11. The molecular weight excluding hydrogens is 417 g/mol. The summed E-state index contributed by atoms with van der Waals surface area (Å²) >= 11 is 8.20. The number of thiophene rings is 4. The molecular formula is C24H18S4. The summed E-state index contributed by atoms with van der Waals surface area (Å²) in [5, 5.41) is 1.49. The summed E-state index contributed by atoms with van der Waals surface area (Å²) in [5.74, 6) is 0. The van der Waals surface area contributed by atoms with E-state index in [1.54, 1.807) is 51.2 Å². The molecule has 0 nitrogen and oxygen atoms in total. The van der Waals surface area contributed by atoms with Gasteiger partial charge in [0, 0.05) is 38.5 Å². The molecule has 0 aliphatic heterocycles. The van der Waals surface area contributed by atoms with E-state index >= 15 is 0 Å². The Morgan fingerprint density at radius 3 is 2.14 bits per heavy atom. The molecule has 2 aliphatic carbocycles. The van der Waals surface area contributed by atoms with Crippen LogP contribution in [0.4, 0.5) is 0 Å². The van der Waals surface area contributed by atoms with Crippen LogP contribution in [0, 0.1) is 13.8 Å². The Morgan fingerprint density at radius 1 is 0.643 bits per heavy atom. The molecule has 0 N–H and O–H groups in total. The van der Waals surface area contributed by atoms with E-state index in [-0.39, 0.29) is 0 Å². The summed E-state index contributed by atoms with van der Waals surface area (Å²) in [7, 11) is 0. The van der Waals surface area contributed by atoms with Crippen molar-refractivity contribution in [3.63, 3.8) is 0 Å². The molecule has 0 bridgehead atoms. The van der Waals surface area contributed by atoms with Crippen LogP contribution in [0.3, 0.4) is 0 Å². The van der Waals surface area contributed by atoms with Crippen molar-refractivity contribution in [1.29, 1.82) is 0 Å². The van der Waals surface area contributed by atoms with Gasteiger partial charge in [-0.15, -0.1) is 45.3 Å². The van der Waals surface area contributed by atoms with Crippen LogP contribution in [0.2, 0.25) is 0 Å². The van der Waals surface area contributed by atoms with Gasteiger partial charge in [-0.25, -0.2) is 0 Å². The van der Waals surface area contributed by atoms with Gasteiger partial charge >= 0.3 is 0 Å². The van der Waals surface area contributed by atoms with E-state index in [1.807, 2.05) is 22.7 Å². The van der Waals surface area contributed by atoms with Gasteiger partial charge in [0.25, 0.3) is 0 Å². The highest BCUT2D eigenvalue weighted by molar-refractivity contribution is 7.34. The highest BCUT2D eigenvalue weighted by Gasteiger charge is 2.30. The highest BCUT2D eigenvalue weighted by atomic mass is 32.1. The zero-order valence-electron chi connectivity index (χ0n) is 15.8. The van der Waals surface area contributed by atoms with Crippen LogP contribution in [0.15, 0.2) is 24.3 Å². The number of aryl methyl sites for hydroxylation is 6. The second-order valence-electron chi connectivity index (χ2n) is 8.10. The fourth-order valence-electron chi connectivity index (χ4n) is 4.99. The fourth-order valence-corrected chi connectivity index (χ4v) is 10.8. The maximum absolute atomic E-state index is 2.41. The first-order valence-corrected chi connectivity index (χ1v) is 13.1. The molecule has 4 aromatic heterocycles. The lowest BCUT2D eigenvalue weighted by Crippen LogP contribution is -1.98. The number of hydrogen-bond donors (Lipinski definition) is 0. The van der Waals surface area contributed by atoms with Gasteiger partial charge < -0.3 is 0 Å². The minimum Gasteiger partial charge on any atom is -0.139 e. The summed E-state index contributed by atoms with van der Waals surface area (Å²) in [4.78, 5) is 7.75. The molecule has 1 aromatic carbocycles. The van der Waals surface area contributed by atoms with Gasteiger partial charge in [0.15, 0.2) is 0 Å². The van der Waals surface area contributed by atoms with Gasteiger partial charge in [0.1, 0.15) is 0 Å². The Bertz CT molecular complexity index is 1430. The van der Waals surface area contributed by atoms with Gasteiger partial charge in [-0.05, 0) is 84.9 Å². The predicted molar refractivity (Wildman–Crippen MR) is 128 cm³/mol. The standard InChI is InChI=1S/C24H18S4/c1-11-3-5-14-15-7-8-17-22(20(15)26-18(14)9-11)28-23-16-6-4-13-10-12(2)25-19(13)21(16)27-24(17)23/h3,5,9-10H,4,6-8H2,1-2H3. The maximum Gasteiger partial charge on any atom is 0.0499 e. The molecule has 0 amide bonds. The first-order chi connectivity index (χ1) is 13.7. The number of hydrogen-bond acceptors (Lipinski definition) is 4. The van der Waals surface area contributed by atoms with Crippen LogP contribution in [-0.2, 0) is 25.7 Å². The smallest absolute Gasteiger partial charge is 0.0499 e. The third-order valence-electron chi connectivity index (χ3n) is 6.27. The lowest BCUT2D eigenvalue weighted by molar-refractivity contribution is 0.965. The van der Waals surface area contributed by atoms with Gasteiger partial charge in [0.2, 0.25) is 0 Å². The van der Waals surface area contributed by atoms with E-state index in [0.29, 0.717) is 0 Å². The summed E-state index contributed by atoms with van der Waals surface area (Å²) in [6.45, 7) is 4.46. The van der Waals surface area contributed by atoms with Crippen molar-refractivity contribution >= 4 is 64.8 Å². The molecule has 0 unspecified atom stereocenters. The molecule has 138 valence electrons. The summed E-state index contributed by atoms with van der Waals surface area (Å²) < 4.78 is 4.67. The molecule has 7 rings (SSSR count). The van der Waals surface area contributed by atoms with Crippen molar-refractivity contribution in [3.8, 4) is 19.5 Å². The molecule has 0 radical (unpaired) electrons. The molecule has 0 atom stereocenters. The van der Waals surface area contributed by atoms with Crippen molar-refractivity contribution in [3.05, 3.63) is 57.0 Å². The Kier molecular flexibility index (Phi) is 3.25. The molecule has 4 heterocycles. The monoisotopic (exact) mass is 434 g/mol. The van der Waals surface area contributed by atoms with Crippen LogP contribution >= 0.6 is 45.3 Å². The van der Waals surface area contributed by atoms with Gasteiger partial charge in [-0.1, -0.05) is 12.1 Å². The molecule has 0 saturated heterocycles.